The van der Waals surface area contributed by atoms with E-state index in [0.29, 0.717) is 0 Å². The smallest absolute Gasteiger partial charge is 0.187 e. The molecule has 0 aromatic heterocycles. The molecule has 3 fully saturated rings. The molecule has 34 heavy (non-hydrogen) atoms. The lowest BCUT2D eigenvalue weighted by Gasteiger charge is -2.43. The quantitative estimate of drug-likeness (QED) is 0.141. The van der Waals surface area contributed by atoms with Gasteiger partial charge in [-0.3, -0.25) is 0 Å². The summed E-state index contributed by atoms with van der Waals surface area (Å²) in [6.07, 6.45) is -13.1. The molecule has 14 N–H and O–H groups in total. The van der Waals surface area contributed by atoms with Crippen LogP contribution in [0, 0.1) is 0 Å². The van der Waals surface area contributed by atoms with E-state index in [-0.39, 0.29) is 26.2 Å². The minimum atomic E-state index is -1.49. The lowest BCUT2D eigenvalue weighted by Crippen LogP contribution is -2.64. The molecular weight excluding hydrogens is 460 g/mol. The molecule has 1 aliphatic carbocycles. The zero-order valence-corrected chi connectivity index (χ0v) is 18.7. The van der Waals surface area contributed by atoms with Crippen molar-refractivity contribution in [1.82, 2.24) is 0 Å². The van der Waals surface area contributed by atoms with Crippen LogP contribution in [-0.2, 0) is 23.7 Å². The summed E-state index contributed by atoms with van der Waals surface area (Å²) in [5, 5.41) is 60.6. The van der Waals surface area contributed by atoms with Crippen LogP contribution in [0.3, 0.4) is 0 Å². The topological polar surface area (TPSA) is 272 Å². The zero-order chi connectivity index (χ0) is 25.2. The average molecular weight is 499 g/mol. The summed E-state index contributed by atoms with van der Waals surface area (Å²) in [7, 11) is 0. The molecule has 1 saturated carbocycles. The molecule has 0 amide bonds. The van der Waals surface area contributed by atoms with Crippen LogP contribution in [0.25, 0.3) is 0 Å². The summed E-state index contributed by atoms with van der Waals surface area (Å²) in [5.74, 6) is 0. The Morgan fingerprint density at radius 1 is 0.735 bits per heavy atom. The van der Waals surface area contributed by atoms with E-state index in [1.54, 1.807) is 0 Å². The third-order valence-corrected chi connectivity index (χ3v) is 6.50. The van der Waals surface area contributed by atoms with Crippen molar-refractivity contribution in [3.8, 4) is 0 Å². The number of aliphatic hydroxyl groups is 6. The predicted molar refractivity (Wildman–Crippen MR) is 113 cm³/mol. The van der Waals surface area contributed by atoms with Gasteiger partial charge in [0.1, 0.15) is 48.8 Å². The van der Waals surface area contributed by atoms with E-state index in [4.69, 9.17) is 51.7 Å². The molecule has 3 rings (SSSR count). The normalized spacial score (nSPS) is 49.9. The second-order valence-corrected chi connectivity index (χ2v) is 8.87. The van der Waals surface area contributed by atoms with E-state index >= 15 is 0 Å². The number of ether oxygens (including phenoxy) is 5. The standard InChI is InChI=1S/C19H38N4O11/c20-4-8-12(27)13(28)10(23)18(31-8)33-16-9(5-25)32-19(14(16)29)34-17-11(26)6(21)3-7(22)15(17)30-2-1-24/h6-19,24-29H,1-5,20-23H2/t6-,7+,8-,9-,10+,11+,12+,13+,14-,15-,16-,17-,18+,19+/m1/s1. The molecule has 0 unspecified atom stereocenters. The highest BCUT2D eigenvalue weighted by Gasteiger charge is 2.52. The molecule has 15 nitrogen and oxygen atoms in total. The number of aliphatic hydroxyl groups excluding tert-OH is 6. The highest BCUT2D eigenvalue weighted by molar-refractivity contribution is 5.00. The lowest BCUT2D eigenvalue weighted by molar-refractivity contribution is -0.280. The van der Waals surface area contributed by atoms with Gasteiger partial charge >= 0.3 is 0 Å². The summed E-state index contributed by atoms with van der Waals surface area (Å²) >= 11 is 0. The SMILES string of the molecule is NC[C@H]1O[C@@H](O[C@H]2[C@@H](O)[C@H](O[C@@H]3[C@@H](O)[C@H](N)C[C@H](N)[C@H]3OCCO)O[C@@H]2CO)[C@@H](N)[C@H](O)[C@H]1O. The summed E-state index contributed by atoms with van der Waals surface area (Å²) in [5.41, 5.74) is 23.6. The zero-order valence-electron chi connectivity index (χ0n) is 18.7. The number of hydrogen-bond acceptors (Lipinski definition) is 15. The summed E-state index contributed by atoms with van der Waals surface area (Å²) < 4.78 is 28.3. The van der Waals surface area contributed by atoms with Gasteiger partial charge in [0, 0.05) is 18.6 Å². The van der Waals surface area contributed by atoms with Crippen LogP contribution in [0.15, 0.2) is 0 Å². The number of rotatable bonds is 9. The minimum Gasteiger partial charge on any atom is -0.394 e. The van der Waals surface area contributed by atoms with E-state index in [9.17, 15) is 25.5 Å². The van der Waals surface area contributed by atoms with E-state index in [1.165, 1.54) is 0 Å². The van der Waals surface area contributed by atoms with Crippen LogP contribution >= 0.6 is 0 Å². The molecular formula is C19H38N4O11. The Labute approximate surface area is 196 Å². The monoisotopic (exact) mass is 498 g/mol. The third kappa shape index (κ3) is 5.69. The second kappa shape index (κ2) is 12.1. The molecule has 14 atom stereocenters. The van der Waals surface area contributed by atoms with Gasteiger partial charge in [-0.15, -0.1) is 0 Å². The van der Waals surface area contributed by atoms with Gasteiger partial charge in [-0.25, -0.2) is 0 Å². The van der Waals surface area contributed by atoms with Gasteiger partial charge in [0.05, 0.1) is 32.0 Å². The van der Waals surface area contributed by atoms with E-state index in [0.717, 1.165) is 0 Å². The predicted octanol–water partition coefficient (Wildman–Crippen LogP) is -6.64. The van der Waals surface area contributed by atoms with E-state index in [2.05, 4.69) is 0 Å². The highest BCUT2D eigenvalue weighted by atomic mass is 16.8. The summed E-state index contributed by atoms with van der Waals surface area (Å²) in [6, 6.07) is -2.54. The fourth-order valence-electron chi connectivity index (χ4n) is 4.55. The second-order valence-electron chi connectivity index (χ2n) is 8.87. The van der Waals surface area contributed by atoms with Crippen molar-refractivity contribution in [2.75, 3.05) is 26.4 Å². The number of nitrogens with two attached hydrogens (primary N) is 4. The van der Waals surface area contributed by atoms with Gasteiger partial charge < -0.3 is 77.3 Å². The van der Waals surface area contributed by atoms with Crippen LogP contribution < -0.4 is 22.9 Å². The van der Waals surface area contributed by atoms with Crippen LogP contribution in [0.1, 0.15) is 6.42 Å². The third-order valence-electron chi connectivity index (χ3n) is 6.50. The Hall–Kier alpha value is -0.600. The van der Waals surface area contributed by atoms with Crippen molar-refractivity contribution in [3.05, 3.63) is 0 Å². The van der Waals surface area contributed by atoms with Crippen molar-refractivity contribution < 1.29 is 54.3 Å². The molecule has 2 aliphatic heterocycles. The maximum absolute atomic E-state index is 10.9. The van der Waals surface area contributed by atoms with Crippen molar-refractivity contribution in [3.63, 3.8) is 0 Å². The first-order chi connectivity index (χ1) is 16.1. The van der Waals surface area contributed by atoms with Gasteiger partial charge in [0.25, 0.3) is 0 Å². The molecule has 0 aromatic rings. The lowest BCUT2D eigenvalue weighted by atomic mass is 9.84. The molecule has 200 valence electrons. The first-order valence-corrected chi connectivity index (χ1v) is 11.3. The summed E-state index contributed by atoms with van der Waals surface area (Å²) in [6.45, 7) is -1.05. The average Bonchev–Trinajstić information content (AvgIpc) is 3.11. The van der Waals surface area contributed by atoms with Gasteiger partial charge in [0.15, 0.2) is 12.6 Å². The van der Waals surface area contributed by atoms with Gasteiger partial charge in [-0.05, 0) is 6.42 Å². The van der Waals surface area contributed by atoms with Crippen molar-refractivity contribution in [1.29, 1.82) is 0 Å². The van der Waals surface area contributed by atoms with Gasteiger partial charge in [-0.2, -0.15) is 0 Å². The summed E-state index contributed by atoms with van der Waals surface area (Å²) in [4.78, 5) is 0. The molecule has 2 saturated heterocycles. The van der Waals surface area contributed by atoms with Crippen LogP contribution in [0.5, 0.6) is 0 Å². The fraction of sp³-hybridized carbons (Fsp3) is 1.00. The maximum atomic E-state index is 10.9. The number of hydrogen-bond donors (Lipinski definition) is 10. The molecule has 0 radical (unpaired) electrons. The molecule has 2 heterocycles. The molecule has 3 aliphatic rings. The first kappa shape index (κ1) is 28.0. The van der Waals surface area contributed by atoms with Crippen LogP contribution in [0.4, 0.5) is 0 Å². The maximum Gasteiger partial charge on any atom is 0.187 e. The van der Waals surface area contributed by atoms with Crippen molar-refractivity contribution in [2.45, 2.75) is 92.1 Å². The minimum absolute atomic E-state index is 0.0628. The van der Waals surface area contributed by atoms with E-state index in [1.807, 2.05) is 0 Å². The van der Waals surface area contributed by atoms with Gasteiger partial charge in [-0.1, -0.05) is 0 Å². The first-order valence-electron chi connectivity index (χ1n) is 11.3. The fourth-order valence-corrected chi connectivity index (χ4v) is 4.55. The van der Waals surface area contributed by atoms with Crippen molar-refractivity contribution in [2.24, 2.45) is 22.9 Å². The van der Waals surface area contributed by atoms with Crippen LogP contribution in [0.2, 0.25) is 0 Å². The van der Waals surface area contributed by atoms with Crippen molar-refractivity contribution >= 4 is 0 Å². The van der Waals surface area contributed by atoms with Crippen LogP contribution in [-0.4, -0.2) is 143 Å². The Morgan fingerprint density at radius 2 is 1.38 bits per heavy atom. The van der Waals surface area contributed by atoms with Gasteiger partial charge in [0.2, 0.25) is 0 Å². The van der Waals surface area contributed by atoms with E-state index < -0.39 is 92.2 Å². The molecule has 0 spiro atoms. The Kier molecular flexibility index (Phi) is 9.95. The Morgan fingerprint density at radius 3 is 2.00 bits per heavy atom. The molecule has 0 aromatic carbocycles. The molecule has 15 heteroatoms. The molecule has 0 bridgehead atoms. The largest absolute Gasteiger partial charge is 0.394 e. The highest BCUT2D eigenvalue weighted by Crippen LogP contribution is 2.32. The Balaban J connectivity index is 1.72. The Bertz CT molecular complexity index is 637.